The zero-order chi connectivity index (χ0) is 12.0. The zero-order valence-electron chi connectivity index (χ0n) is 9.54. The van der Waals surface area contributed by atoms with Gasteiger partial charge in [0.15, 0.2) is 0 Å². The van der Waals surface area contributed by atoms with Crippen molar-refractivity contribution in [2.45, 2.75) is 0 Å². The van der Waals surface area contributed by atoms with Crippen LogP contribution in [0.2, 0.25) is 0 Å². The van der Waals surface area contributed by atoms with E-state index in [1.165, 1.54) is 7.11 Å². The third kappa shape index (κ3) is 3.13. The van der Waals surface area contributed by atoms with Gasteiger partial charge in [-0.05, 0) is 18.2 Å². The van der Waals surface area contributed by atoms with Gasteiger partial charge in [-0.1, -0.05) is 0 Å². The lowest BCUT2D eigenvalue weighted by atomic mass is 10.1. The molecule has 0 spiro atoms. The van der Waals surface area contributed by atoms with Gasteiger partial charge in [-0.2, -0.15) is 0 Å². The summed E-state index contributed by atoms with van der Waals surface area (Å²) in [7, 11) is 3.11. The Labute approximate surface area is 95.1 Å². The molecule has 5 heteroatoms. The first-order valence-corrected chi connectivity index (χ1v) is 4.94. The Morgan fingerprint density at radius 2 is 2.19 bits per heavy atom. The van der Waals surface area contributed by atoms with Crippen LogP contribution in [-0.2, 0) is 9.47 Å². The summed E-state index contributed by atoms with van der Waals surface area (Å²) in [4.78, 5) is 0. The number of rotatable bonds is 5. The first kappa shape index (κ1) is 12.3. The molecular formula is C11H17N3O2. The monoisotopic (exact) mass is 223 g/mol. The van der Waals surface area contributed by atoms with E-state index in [1.807, 2.05) is 0 Å². The van der Waals surface area contributed by atoms with Gasteiger partial charge in [0.2, 0.25) is 5.90 Å². The fraction of sp³-hybridized carbons (Fsp3) is 0.364. The summed E-state index contributed by atoms with van der Waals surface area (Å²) in [5.41, 5.74) is 7.81. The van der Waals surface area contributed by atoms with Crippen molar-refractivity contribution >= 4 is 17.3 Å². The Morgan fingerprint density at radius 3 is 2.81 bits per heavy atom. The van der Waals surface area contributed by atoms with Gasteiger partial charge in [0.25, 0.3) is 0 Å². The fourth-order valence-corrected chi connectivity index (χ4v) is 1.30. The van der Waals surface area contributed by atoms with Crippen LogP contribution in [-0.4, -0.2) is 33.3 Å². The number of benzene rings is 1. The molecule has 1 aromatic rings. The second kappa shape index (κ2) is 5.97. The Bertz CT molecular complexity index is 366. The summed E-state index contributed by atoms with van der Waals surface area (Å²) in [5, 5.41) is 10.8. The molecule has 1 aromatic carbocycles. The van der Waals surface area contributed by atoms with Gasteiger partial charge in [-0.3, -0.25) is 5.41 Å². The lowest BCUT2D eigenvalue weighted by Crippen LogP contribution is -2.12. The van der Waals surface area contributed by atoms with E-state index in [0.717, 1.165) is 5.69 Å². The van der Waals surface area contributed by atoms with E-state index in [0.29, 0.717) is 24.4 Å². The SMILES string of the molecule is COCCNc1cc(N)ccc1C(=N)OC. The van der Waals surface area contributed by atoms with E-state index in [2.05, 4.69) is 5.32 Å². The lowest BCUT2D eigenvalue weighted by molar-refractivity contribution is 0.211. The number of anilines is 2. The van der Waals surface area contributed by atoms with Crippen molar-refractivity contribution in [2.24, 2.45) is 0 Å². The molecule has 0 saturated heterocycles. The highest BCUT2D eigenvalue weighted by Gasteiger charge is 2.08. The molecule has 0 atom stereocenters. The van der Waals surface area contributed by atoms with E-state index >= 15 is 0 Å². The van der Waals surface area contributed by atoms with Crippen molar-refractivity contribution in [1.29, 1.82) is 5.41 Å². The third-order valence-corrected chi connectivity index (χ3v) is 2.11. The van der Waals surface area contributed by atoms with Crippen LogP contribution in [0.25, 0.3) is 0 Å². The van der Waals surface area contributed by atoms with Crippen molar-refractivity contribution in [2.75, 3.05) is 38.4 Å². The van der Waals surface area contributed by atoms with Crippen LogP contribution in [0.5, 0.6) is 0 Å². The fourth-order valence-electron chi connectivity index (χ4n) is 1.30. The Morgan fingerprint density at radius 1 is 1.44 bits per heavy atom. The van der Waals surface area contributed by atoms with E-state index in [9.17, 15) is 0 Å². The Hall–Kier alpha value is -1.75. The largest absolute Gasteiger partial charge is 0.481 e. The van der Waals surface area contributed by atoms with Crippen molar-refractivity contribution in [1.82, 2.24) is 0 Å². The molecular weight excluding hydrogens is 206 g/mol. The second-order valence-corrected chi connectivity index (χ2v) is 3.26. The quantitative estimate of drug-likeness (QED) is 0.304. The highest BCUT2D eigenvalue weighted by atomic mass is 16.5. The maximum Gasteiger partial charge on any atom is 0.215 e. The van der Waals surface area contributed by atoms with Gasteiger partial charge in [0, 0.05) is 25.0 Å². The minimum atomic E-state index is 0.111. The molecule has 1 rings (SSSR count). The van der Waals surface area contributed by atoms with Crippen LogP contribution in [0, 0.1) is 5.41 Å². The van der Waals surface area contributed by atoms with Gasteiger partial charge < -0.3 is 20.5 Å². The predicted octanol–water partition coefficient (Wildman–Crippen LogP) is 1.30. The summed E-state index contributed by atoms with van der Waals surface area (Å²) in [5.74, 6) is 0.111. The maximum absolute atomic E-state index is 7.64. The predicted molar refractivity (Wildman–Crippen MR) is 65.1 cm³/mol. The molecule has 88 valence electrons. The lowest BCUT2D eigenvalue weighted by Gasteiger charge is -2.12. The van der Waals surface area contributed by atoms with E-state index in [-0.39, 0.29) is 5.90 Å². The van der Waals surface area contributed by atoms with E-state index in [4.69, 9.17) is 20.6 Å². The summed E-state index contributed by atoms with van der Waals surface area (Å²) in [6.45, 7) is 1.25. The van der Waals surface area contributed by atoms with Gasteiger partial charge >= 0.3 is 0 Å². The smallest absolute Gasteiger partial charge is 0.215 e. The molecule has 16 heavy (non-hydrogen) atoms. The number of nitrogens with two attached hydrogens (primary N) is 1. The van der Waals surface area contributed by atoms with Crippen LogP contribution < -0.4 is 11.1 Å². The first-order valence-electron chi connectivity index (χ1n) is 4.94. The molecule has 0 aromatic heterocycles. The van der Waals surface area contributed by atoms with Crippen molar-refractivity contribution in [3.63, 3.8) is 0 Å². The first-order chi connectivity index (χ1) is 7.69. The molecule has 0 radical (unpaired) electrons. The second-order valence-electron chi connectivity index (χ2n) is 3.26. The molecule has 5 nitrogen and oxygen atoms in total. The van der Waals surface area contributed by atoms with Gasteiger partial charge in [-0.15, -0.1) is 0 Å². The van der Waals surface area contributed by atoms with Gasteiger partial charge in [-0.25, -0.2) is 0 Å². The highest BCUT2D eigenvalue weighted by Crippen LogP contribution is 2.19. The average molecular weight is 223 g/mol. The minimum Gasteiger partial charge on any atom is -0.481 e. The topological polar surface area (TPSA) is 80.4 Å². The van der Waals surface area contributed by atoms with Crippen molar-refractivity contribution in [3.05, 3.63) is 23.8 Å². The highest BCUT2D eigenvalue weighted by molar-refractivity contribution is 5.98. The molecule has 0 bridgehead atoms. The molecule has 0 fully saturated rings. The standard InChI is InChI=1S/C11H17N3O2/c1-15-6-5-14-10-7-8(12)3-4-9(10)11(13)16-2/h3-4,7,13-14H,5-6,12H2,1-2H3. The molecule has 0 amide bonds. The van der Waals surface area contributed by atoms with Gasteiger partial charge in [0.05, 0.1) is 19.3 Å². The molecule has 0 aliphatic rings. The van der Waals surface area contributed by atoms with Crippen LogP contribution in [0.3, 0.4) is 0 Å². The summed E-state index contributed by atoms with van der Waals surface area (Å²) < 4.78 is 9.84. The molecule has 0 aliphatic heterocycles. The van der Waals surface area contributed by atoms with E-state index in [1.54, 1.807) is 25.3 Å². The van der Waals surface area contributed by atoms with Gasteiger partial charge in [0.1, 0.15) is 0 Å². The van der Waals surface area contributed by atoms with Crippen molar-refractivity contribution in [3.8, 4) is 0 Å². The number of hydrogen-bond acceptors (Lipinski definition) is 5. The van der Waals surface area contributed by atoms with Crippen molar-refractivity contribution < 1.29 is 9.47 Å². The molecule has 0 saturated carbocycles. The molecule has 0 aliphatic carbocycles. The van der Waals surface area contributed by atoms with Crippen LogP contribution in [0.4, 0.5) is 11.4 Å². The van der Waals surface area contributed by atoms with Crippen LogP contribution in [0.15, 0.2) is 18.2 Å². The summed E-state index contributed by atoms with van der Waals surface area (Å²) in [6, 6.07) is 5.28. The van der Waals surface area contributed by atoms with E-state index < -0.39 is 0 Å². The normalized spacial score (nSPS) is 9.88. The average Bonchev–Trinajstić information content (AvgIpc) is 2.29. The number of ether oxygens (including phenoxy) is 2. The molecule has 4 N–H and O–H groups in total. The number of nitrogen functional groups attached to an aromatic ring is 1. The number of nitrogens with one attached hydrogen (secondary N) is 2. The van der Waals surface area contributed by atoms with Crippen LogP contribution in [0.1, 0.15) is 5.56 Å². The number of methoxy groups -OCH3 is 2. The van der Waals surface area contributed by atoms with Crippen LogP contribution >= 0.6 is 0 Å². The summed E-state index contributed by atoms with van der Waals surface area (Å²) in [6.07, 6.45) is 0. The summed E-state index contributed by atoms with van der Waals surface area (Å²) >= 11 is 0. The minimum absolute atomic E-state index is 0.111. The molecule has 0 unspecified atom stereocenters. The zero-order valence-corrected chi connectivity index (χ0v) is 9.54. The maximum atomic E-state index is 7.64. The Balaban J connectivity index is 2.85. The Kier molecular flexibility index (Phi) is 4.60. The number of hydrogen-bond donors (Lipinski definition) is 3. The molecule has 0 heterocycles. The third-order valence-electron chi connectivity index (χ3n) is 2.11.